The third kappa shape index (κ3) is 2.98. The maximum absolute atomic E-state index is 12.4. The smallest absolute Gasteiger partial charge is 0.317 e. The molecule has 1 saturated heterocycles. The van der Waals surface area contributed by atoms with Gasteiger partial charge in [-0.25, -0.2) is 4.79 Å². The highest BCUT2D eigenvalue weighted by atomic mass is 16.5. The number of hydrogen-bond donors (Lipinski definition) is 1. The van der Waals surface area contributed by atoms with Crippen LogP contribution in [-0.4, -0.2) is 43.3 Å². The zero-order valence-corrected chi connectivity index (χ0v) is 13.3. The molecule has 1 aromatic rings. The van der Waals surface area contributed by atoms with Crippen molar-refractivity contribution in [2.75, 3.05) is 20.3 Å². The minimum absolute atomic E-state index is 0.0150. The molecule has 1 fully saturated rings. The van der Waals surface area contributed by atoms with E-state index >= 15 is 0 Å². The van der Waals surface area contributed by atoms with Crippen LogP contribution >= 0.6 is 0 Å². The van der Waals surface area contributed by atoms with Crippen LogP contribution in [0, 0.1) is 0 Å². The Kier molecular flexibility index (Phi) is 4.41. The van der Waals surface area contributed by atoms with Crippen molar-refractivity contribution in [1.29, 1.82) is 0 Å². The van der Waals surface area contributed by atoms with E-state index in [9.17, 15) is 4.79 Å². The maximum atomic E-state index is 12.4. The van der Waals surface area contributed by atoms with E-state index in [4.69, 9.17) is 9.47 Å². The number of hydrogen-bond acceptors (Lipinski definition) is 3. The van der Waals surface area contributed by atoms with Crippen molar-refractivity contribution in [1.82, 2.24) is 10.2 Å². The Bertz CT molecular complexity index is 547. The van der Waals surface area contributed by atoms with Crippen molar-refractivity contribution in [2.45, 2.75) is 44.7 Å². The molecule has 0 aromatic heterocycles. The Morgan fingerprint density at radius 3 is 3.05 bits per heavy atom. The van der Waals surface area contributed by atoms with Gasteiger partial charge < -0.3 is 19.7 Å². The number of methoxy groups -OCH3 is 1. The molecule has 2 heterocycles. The summed E-state index contributed by atoms with van der Waals surface area (Å²) >= 11 is 0. The van der Waals surface area contributed by atoms with E-state index in [0.717, 1.165) is 42.9 Å². The molecule has 1 N–H and O–H groups in total. The third-order valence-electron chi connectivity index (χ3n) is 4.57. The number of ether oxygens (including phenoxy) is 2. The van der Waals surface area contributed by atoms with E-state index in [0.29, 0.717) is 12.6 Å². The van der Waals surface area contributed by atoms with Crippen molar-refractivity contribution in [3.8, 4) is 11.5 Å². The van der Waals surface area contributed by atoms with Crippen LogP contribution in [0.4, 0.5) is 4.79 Å². The van der Waals surface area contributed by atoms with E-state index in [-0.39, 0.29) is 12.1 Å². The summed E-state index contributed by atoms with van der Waals surface area (Å²) in [5.41, 5.74) is 1.09. The van der Waals surface area contributed by atoms with Crippen LogP contribution < -0.4 is 14.8 Å². The number of rotatable bonds is 2. The zero-order chi connectivity index (χ0) is 15.5. The van der Waals surface area contributed by atoms with Gasteiger partial charge in [-0.1, -0.05) is 12.1 Å². The van der Waals surface area contributed by atoms with E-state index < -0.39 is 0 Å². The summed E-state index contributed by atoms with van der Waals surface area (Å²) in [5.74, 6) is 1.56. The predicted molar refractivity (Wildman–Crippen MR) is 84.5 cm³/mol. The summed E-state index contributed by atoms with van der Waals surface area (Å²) in [6.45, 7) is 3.46. The molecule has 2 unspecified atom stereocenters. The second kappa shape index (κ2) is 6.46. The van der Waals surface area contributed by atoms with E-state index in [1.54, 1.807) is 7.11 Å². The number of urea groups is 1. The first kappa shape index (κ1) is 15.0. The summed E-state index contributed by atoms with van der Waals surface area (Å²) in [6.07, 6.45) is 4.18. The average molecular weight is 304 g/mol. The molecule has 1 aromatic carbocycles. The quantitative estimate of drug-likeness (QED) is 0.913. The van der Waals surface area contributed by atoms with Gasteiger partial charge in [-0.05, 0) is 38.7 Å². The molecule has 0 saturated carbocycles. The molecular weight excluding hydrogens is 280 g/mol. The molecule has 5 heteroatoms. The molecular formula is C17H24N2O3. The Labute approximate surface area is 131 Å². The zero-order valence-electron chi connectivity index (χ0n) is 13.3. The number of nitrogens with one attached hydrogen (secondary N) is 1. The Morgan fingerprint density at radius 1 is 1.41 bits per heavy atom. The first-order valence-corrected chi connectivity index (χ1v) is 8.05. The van der Waals surface area contributed by atoms with Crippen molar-refractivity contribution < 1.29 is 14.3 Å². The molecule has 2 aliphatic rings. The van der Waals surface area contributed by atoms with Gasteiger partial charge in [0.1, 0.15) is 6.61 Å². The van der Waals surface area contributed by atoms with Crippen LogP contribution in [0.3, 0.4) is 0 Å². The molecule has 2 aliphatic heterocycles. The van der Waals surface area contributed by atoms with Crippen LogP contribution in [0.2, 0.25) is 0 Å². The van der Waals surface area contributed by atoms with Crippen LogP contribution in [0.5, 0.6) is 11.5 Å². The number of piperidine rings is 1. The summed E-state index contributed by atoms with van der Waals surface area (Å²) in [7, 11) is 1.64. The minimum atomic E-state index is 0.0150. The molecule has 0 spiro atoms. The molecule has 0 aliphatic carbocycles. The summed E-state index contributed by atoms with van der Waals surface area (Å²) in [6, 6.07) is 6.25. The Hall–Kier alpha value is -1.91. The molecule has 2 amide bonds. The minimum Gasteiger partial charge on any atom is -0.493 e. The Balaban J connectivity index is 1.64. The predicted octanol–water partition coefficient (Wildman–Crippen LogP) is 2.58. The number of amides is 2. The van der Waals surface area contributed by atoms with Crippen molar-refractivity contribution in [3.05, 3.63) is 23.8 Å². The third-order valence-corrected chi connectivity index (χ3v) is 4.57. The van der Waals surface area contributed by atoms with Gasteiger partial charge in [0.15, 0.2) is 11.5 Å². The normalized spacial score (nSPS) is 24.2. The number of benzene rings is 1. The van der Waals surface area contributed by atoms with Crippen LogP contribution in [0.25, 0.3) is 0 Å². The highest BCUT2D eigenvalue weighted by molar-refractivity contribution is 5.75. The molecule has 2 atom stereocenters. The second-order valence-electron chi connectivity index (χ2n) is 6.15. The largest absolute Gasteiger partial charge is 0.493 e. The first-order chi connectivity index (χ1) is 10.7. The molecule has 3 rings (SSSR count). The van der Waals surface area contributed by atoms with Crippen molar-refractivity contribution in [3.63, 3.8) is 0 Å². The van der Waals surface area contributed by atoms with Crippen LogP contribution in [0.1, 0.15) is 31.7 Å². The van der Waals surface area contributed by atoms with Gasteiger partial charge in [0.2, 0.25) is 0 Å². The highest BCUT2D eigenvalue weighted by Crippen LogP contribution is 2.34. The standard InChI is InChI=1S/C17H24N2O3/c1-12-6-3-4-9-19(12)17(20)18-14-10-13-7-5-8-15(21-2)16(13)22-11-14/h5,7-8,12,14H,3-4,6,9-11H2,1-2H3,(H,18,20). The molecule has 0 radical (unpaired) electrons. The number of nitrogens with zero attached hydrogens (tertiary/aromatic N) is 1. The van der Waals surface area contributed by atoms with Crippen molar-refractivity contribution in [2.24, 2.45) is 0 Å². The fraction of sp³-hybridized carbons (Fsp3) is 0.588. The van der Waals surface area contributed by atoms with E-state index in [1.165, 1.54) is 6.42 Å². The Morgan fingerprint density at radius 2 is 2.27 bits per heavy atom. The van der Waals surface area contributed by atoms with E-state index in [2.05, 4.69) is 12.2 Å². The SMILES string of the molecule is COc1cccc2c1OCC(NC(=O)N1CCCCC1C)C2. The number of fused-ring (bicyclic) bond motifs is 1. The van der Waals surface area contributed by atoms with Gasteiger partial charge in [-0.3, -0.25) is 0 Å². The van der Waals surface area contributed by atoms with Crippen LogP contribution in [-0.2, 0) is 6.42 Å². The molecule has 22 heavy (non-hydrogen) atoms. The number of carbonyl (C=O) groups excluding carboxylic acids is 1. The molecule has 120 valence electrons. The lowest BCUT2D eigenvalue weighted by molar-refractivity contribution is 0.147. The van der Waals surface area contributed by atoms with Gasteiger partial charge >= 0.3 is 6.03 Å². The number of para-hydroxylation sites is 1. The molecule has 5 nitrogen and oxygen atoms in total. The van der Waals surface area contributed by atoms with Gasteiger partial charge in [0.05, 0.1) is 13.2 Å². The lowest BCUT2D eigenvalue weighted by Crippen LogP contribution is -2.52. The average Bonchev–Trinajstić information content (AvgIpc) is 2.54. The molecule has 0 bridgehead atoms. The van der Waals surface area contributed by atoms with Crippen LogP contribution in [0.15, 0.2) is 18.2 Å². The monoisotopic (exact) mass is 304 g/mol. The lowest BCUT2D eigenvalue weighted by atomic mass is 10.0. The summed E-state index contributed by atoms with van der Waals surface area (Å²) in [5, 5.41) is 3.12. The van der Waals surface area contributed by atoms with Crippen molar-refractivity contribution >= 4 is 6.03 Å². The maximum Gasteiger partial charge on any atom is 0.317 e. The number of likely N-dealkylation sites (tertiary alicyclic amines) is 1. The van der Waals surface area contributed by atoms with Gasteiger partial charge in [-0.2, -0.15) is 0 Å². The fourth-order valence-corrected chi connectivity index (χ4v) is 3.30. The summed E-state index contributed by atoms with van der Waals surface area (Å²) in [4.78, 5) is 14.4. The fourth-order valence-electron chi connectivity index (χ4n) is 3.30. The topological polar surface area (TPSA) is 50.8 Å². The summed E-state index contributed by atoms with van der Waals surface area (Å²) < 4.78 is 11.1. The second-order valence-corrected chi connectivity index (χ2v) is 6.15. The van der Waals surface area contributed by atoms with Gasteiger partial charge in [-0.15, -0.1) is 0 Å². The van der Waals surface area contributed by atoms with Gasteiger partial charge in [0.25, 0.3) is 0 Å². The number of carbonyl (C=O) groups is 1. The highest BCUT2D eigenvalue weighted by Gasteiger charge is 2.28. The lowest BCUT2D eigenvalue weighted by Gasteiger charge is -2.35. The van der Waals surface area contributed by atoms with Gasteiger partial charge in [0, 0.05) is 18.2 Å². The van der Waals surface area contributed by atoms with E-state index in [1.807, 2.05) is 23.1 Å². The first-order valence-electron chi connectivity index (χ1n) is 8.05.